The van der Waals surface area contributed by atoms with E-state index >= 15 is 0 Å². The van der Waals surface area contributed by atoms with E-state index in [1.807, 2.05) is 42.5 Å². The van der Waals surface area contributed by atoms with Gasteiger partial charge in [0, 0.05) is 23.4 Å². The minimum atomic E-state index is -0.193. The van der Waals surface area contributed by atoms with Gasteiger partial charge in [-0.2, -0.15) is 0 Å². The van der Waals surface area contributed by atoms with Gasteiger partial charge in [-0.3, -0.25) is 5.32 Å². The number of aromatic hydroxyl groups is 1. The van der Waals surface area contributed by atoms with Crippen molar-refractivity contribution in [2.75, 3.05) is 18.7 Å². The lowest BCUT2D eigenvalue weighted by molar-refractivity contribution is 0.402. The number of nitrogens with one attached hydrogen (secondary N) is 1. The highest BCUT2D eigenvalue weighted by molar-refractivity contribution is 5.53. The van der Waals surface area contributed by atoms with Crippen LogP contribution in [0.4, 0.5) is 10.1 Å². The molecule has 31 heavy (non-hydrogen) atoms. The van der Waals surface area contributed by atoms with Crippen molar-refractivity contribution in [2.24, 2.45) is 0 Å². The summed E-state index contributed by atoms with van der Waals surface area (Å²) in [6.45, 7) is 0.725. The molecule has 4 rings (SSSR count). The molecule has 1 aliphatic heterocycles. The van der Waals surface area contributed by atoms with E-state index in [4.69, 9.17) is 4.74 Å². The van der Waals surface area contributed by atoms with Crippen molar-refractivity contribution in [1.29, 1.82) is 0 Å². The third-order valence-corrected chi connectivity index (χ3v) is 6.03. The van der Waals surface area contributed by atoms with Gasteiger partial charge in [0.1, 0.15) is 17.3 Å². The normalized spacial score (nSPS) is 18.3. The number of hydrogen-bond acceptors (Lipinski definition) is 4. The number of anilines is 1. The Morgan fingerprint density at radius 2 is 1.81 bits per heavy atom. The number of para-hydroxylation sites is 1. The van der Waals surface area contributed by atoms with E-state index in [9.17, 15) is 9.50 Å². The number of phenols is 1. The number of halogens is 1. The number of aryl methyl sites for hydroxylation is 1. The largest absolute Gasteiger partial charge is 0.507 e. The molecule has 162 valence electrons. The summed E-state index contributed by atoms with van der Waals surface area (Å²) < 4.78 is 18.4. The van der Waals surface area contributed by atoms with E-state index in [2.05, 4.69) is 22.3 Å². The molecule has 2 N–H and O–H groups in total. The molecule has 5 heteroatoms. The maximum atomic E-state index is 13.1. The molecule has 1 aliphatic rings. The van der Waals surface area contributed by atoms with E-state index in [1.54, 1.807) is 13.2 Å². The Kier molecular flexibility index (Phi) is 6.73. The van der Waals surface area contributed by atoms with Gasteiger partial charge in [0.2, 0.25) is 0 Å². The first kappa shape index (κ1) is 21.2. The fourth-order valence-corrected chi connectivity index (χ4v) is 4.40. The second-order valence-corrected chi connectivity index (χ2v) is 8.02. The third kappa shape index (κ3) is 5.00. The van der Waals surface area contributed by atoms with Crippen LogP contribution >= 0.6 is 0 Å². The van der Waals surface area contributed by atoms with Crippen LogP contribution in [0.1, 0.15) is 36.4 Å². The molecule has 0 aliphatic carbocycles. The summed E-state index contributed by atoms with van der Waals surface area (Å²) in [4.78, 5) is 2.31. The summed E-state index contributed by atoms with van der Waals surface area (Å²) in [6.07, 6.45) is 4.01. The number of methoxy groups -OCH3 is 1. The molecule has 0 aromatic heterocycles. The lowest BCUT2D eigenvalue weighted by Gasteiger charge is -2.30. The van der Waals surface area contributed by atoms with Gasteiger partial charge < -0.3 is 14.7 Å². The molecule has 4 nitrogen and oxygen atoms in total. The molecule has 1 fully saturated rings. The van der Waals surface area contributed by atoms with Crippen molar-refractivity contribution in [3.8, 4) is 11.5 Å². The Hall–Kier alpha value is -3.05. The minimum absolute atomic E-state index is 0.0270. The molecule has 0 bridgehead atoms. The SMILES string of the molecule is COc1ccc(C2C(CCCCc3ccc(F)cc3)NCN2c2ccccc2)c(O)c1. The van der Waals surface area contributed by atoms with Crippen molar-refractivity contribution in [3.63, 3.8) is 0 Å². The Morgan fingerprint density at radius 3 is 2.52 bits per heavy atom. The molecular weight excluding hydrogens is 391 g/mol. The average Bonchev–Trinajstić information content (AvgIpc) is 3.22. The second-order valence-electron chi connectivity index (χ2n) is 8.02. The minimum Gasteiger partial charge on any atom is -0.507 e. The van der Waals surface area contributed by atoms with E-state index in [0.29, 0.717) is 5.75 Å². The molecule has 2 unspecified atom stereocenters. The summed E-state index contributed by atoms with van der Waals surface area (Å²) in [5, 5.41) is 14.4. The molecule has 0 spiro atoms. The molecule has 0 amide bonds. The maximum Gasteiger partial charge on any atom is 0.124 e. The lowest BCUT2D eigenvalue weighted by Crippen LogP contribution is -2.28. The summed E-state index contributed by atoms with van der Waals surface area (Å²) in [5.74, 6) is 0.710. The summed E-state index contributed by atoms with van der Waals surface area (Å²) in [5.41, 5.74) is 3.19. The highest BCUT2D eigenvalue weighted by Crippen LogP contribution is 2.40. The zero-order valence-corrected chi connectivity index (χ0v) is 17.8. The zero-order valence-electron chi connectivity index (χ0n) is 17.8. The monoisotopic (exact) mass is 420 g/mol. The average molecular weight is 421 g/mol. The predicted octanol–water partition coefficient (Wildman–Crippen LogP) is 5.43. The molecule has 0 saturated carbocycles. The molecule has 2 atom stereocenters. The van der Waals surface area contributed by atoms with Crippen LogP contribution in [0.25, 0.3) is 0 Å². The second kappa shape index (κ2) is 9.84. The summed E-state index contributed by atoms with van der Waals surface area (Å²) in [7, 11) is 1.60. The van der Waals surface area contributed by atoms with E-state index < -0.39 is 0 Å². The van der Waals surface area contributed by atoms with Crippen LogP contribution in [0.2, 0.25) is 0 Å². The van der Waals surface area contributed by atoms with Crippen LogP contribution in [0, 0.1) is 5.82 Å². The van der Waals surface area contributed by atoms with Gasteiger partial charge in [0.05, 0.1) is 19.8 Å². The van der Waals surface area contributed by atoms with Crippen LogP contribution in [-0.4, -0.2) is 24.9 Å². The molecule has 1 heterocycles. The summed E-state index contributed by atoms with van der Waals surface area (Å²) in [6, 6.07) is 22.9. The molecule has 3 aromatic carbocycles. The number of benzene rings is 3. The van der Waals surface area contributed by atoms with E-state index in [0.717, 1.165) is 49.2 Å². The Labute approximate surface area is 183 Å². The van der Waals surface area contributed by atoms with Gasteiger partial charge in [0.25, 0.3) is 0 Å². The van der Waals surface area contributed by atoms with Gasteiger partial charge in [-0.15, -0.1) is 0 Å². The number of nitrogens with zero attached hydrogens (tertiary/aromatic N) is 1. The van der Waals surface area contributed by atoms with Crippen molar-refractivity contribution in [3.05, 3.63) is 89.7 Å². The topological polar surface area (TPSA) is 44.7 Å². The van der Waals surface area contributed by atoms with Gasteiger partial charge >= 0.3 is 0 Å². The Bertz CT molecular complexity index is 978. The third-order valence-electron chi connectivity index (χ3n) is 6.03. The summed E-state index contributed by atoms with van der Waals surface area (Å²) >= 11 is 0. The van der Waals surface area contributed by atoms with E-state index in [1.165, 1.54) is 12.1 Å². The first-order valence-electron chi connectivity index (χ1n) is 10.8. The smallest absolute Gasteiger partial charge is 0.124 e. The Morgan fingerprint density at radius 1 is 1.03 bits per heavy atom. The van der Waals surface area contributed by atoms with Gasteiger partial charge in [-0.25, -0.2) is 4.39 Å². The standard InChI is InChI=1S/C26H29FN2O2/c1-31-22-15-16-23(25(30)17-22)26-24(28-18-29(26)21-8-3-2-4-9-21)10-6-5-7-19-11-13-20(27)14-12-19/h2-4,8-9,11-17,24,26,28,30H,5-7,10,18H2,1H3. The van der Waals surface area contributed by atoms with Gasteiger partial charge in [-0.05, 0) is 61.2 Å². The number of unbranched alkanes of at least 4 members (excludes halogenated alkanes) is 1. The van der Waals surface area contributed by atoms with Crippen LogP contribution in [0.3, 0.4) is 0 Å². The van der Waals surface area contributed by atoms with E-state index in [-0.39, 0.29) is 23.7 Å². The first-order valence-corrected chi connectivity index (χ1v) is 10.8. The fourth-order valence-electron chi connectivity index (χ4n) is 4.40. The first-order chi connectivity index (χ1) is 15.2. The highest BCUT2D eigenvalue weighted by atomic mass is 19.1. The van der Waals surface area contributed by atoms with Crippen molar-refractivity contribution < 1.29 is 14.2 Å². The van der Waals surface area contributed by atoms with Crippen LogP contribution < -0.4 is 15.0 Å². The molecule has 0 radical (unpaired) electrons. The molecule has 1 saturated heterocycles. The van der Waals surface area contributed by atoms with Gasteiger partial charge in [-0.1, -0.05) is 36.8 Å². The van der Waals surface area contributed by atoms with Crippen LogP contribution in [0.5, 0.6) is 11.5 Å². The van der Waals surface area contributed by atoms with Gasteiger partial charge in [0.15, 0.2) is 0 Å². The number of phenolic OH excluding ortho intramolecular Hbond substituents is 1. The lowest BCUT2D eigenvalue weighted by atomic mass is 9.93. The quantitative estimate of drug-likeness (QED) is 0.477. The van der Waals surface area contributed by atoms with Crippen LogP contribution in [0.15, 0.2) is 72.8 Å². The van der Waals surface area contributed by atoms with Crippen molar-refractivity contribution in [1.82, 2.24) is 5.32 Å². The fraction of sp³-hybridized carbons (Fsp3) is 0.308. The van der Waals surface area contributed by atoms with Crippen molar-refractivity contribution in [2.45, 2.75) is 37.8 Å². The molecule has 3 aromatic rings. The van der Waals surface area contributed by atoms with Crippen LogP contribution in [-0.2, 0) is 6.42 Å². The number of rotatable bonds is 8. The Balaban J connectivity index is 1.48. The predicted molar refractivity (Wildman–Crippen MR) is 122 cm³/mol. The molecular formula is C26H29FN2O2. The maximum absolute atomic E-state index is 13.1. The highest BCUT2D eigenvalue weighted by Gasteiger charge is 2.36. The number of ether oxygens (including phenoxy) is 1. The van der Waals surface area contributed by atoms with Crippen molar-refractivity contribution >= 4 is 5.69 Å². The zero-order chi connectivity index (χ0) is 21.6. The number of hydrogen-bond donors (Lipinski definition) is 2.